The van der Waals surface area contributed by atoms with Gasteiger partial charge in [-0.25, -0.2) is 26.9 Å². The van der Waals surface area contributed by atoms with Gasteiger partial charge in [0.25, 0.3) is 0 Å². The molecule has 8 rings (SSSR count). The maximum Gasteiger partial charge on any atom is 0.318 e. The molecule has 3 aliphatic heterocycles. The standard InChI is InChI=1S/C31H22ClF4N5O3.C8H14FN/c1-3-16-19(33)7-6-14-11-15(42)12-18(22(14)16)23-25(32)28-24-27(26(23)36)39-31(43-2)40-30(24)41(9-10-44-28)20(13-21(34)35)17-5-4-8-38-29(17)37;1-8-3-2-4-10(8)6-7(9)5-8/h1,4-8,11-12,20-21,42H,9-10,13H2,2H3,(H2,37,38);7H,2-6H2,1H3/t20-;7?,8-/m10/s1. The van der Waals surface area contributed by atoms with Gasteiger partial charge >= 0.3 is 6.01 Å². The molecule has 282 valence electrons. The number of aromatic hydroxyl groups is 1. The topological polar surface area (TPSA) is 110 Å². The van der Waals surface area contributed by atoms with E-state index in [1.165, 1.54) is 49.2 Å². The molecule has 9 nitrogen and oxygen atoms in total. The fraction of sp³-hybridized carbons (Fsp3) is 0.359. The highest BCUT2D eigenvalue weighted by atomic mass is 35.5. The molecule has 1 unspecified atom stereocenters. The third kappa shape index (κ3) is 6.53. The van der Waals surface area contributed by atoms with E-state index in [0.29, 0.717) is 17.5 Å². The zero-order chi connectivity index (χ0) is 38.5. The van der Waals surface area contributed by atoms with E-state index in [-0.39, 0.29) is 85.8 Å². The monoisotopic (exact) mass is 766 g/mol. The number of phenolic OH excluding ortho intramolecular Hbond substituents is 1. The molecule has 0 saturated carbocycles. The van der Waals surface area contributed by atoms with Gasteiger partial charge < -0.3 is 25.2 Å². The van der Waals surface area contributed by atoms with Gasteiger partial charge in [0.1, 0.15) is 41.5 Å². The molecule has 15 heteroatoms. The van der Waals surface area contributed by atoms with Gasteiger partial charge in [-0.1, -0.05) is 29.7 Å². The Morgan fingerprint density at radius 3 is 2.69 bits per heavy atom. The van der Waals surface area contributed by atoms with Gasteiger partial charge in [-0.05, 0) is 67.9 Å². The van der Waals surface area contributed by atoms with Crippen molar-refractivity contribution in [3.05, 3.63) is 70.4 Å². The van der Waals surface area contributed by atoms with Crippen molar-refractivity contribution in [1.29, 1.82) is 0 Å². The number of hydrogen-bond donors (Lipinski definition) is 2. The summed E-state index contributed by atoms with van der Waals surface area (Å²) in [5.41, 5.74) is 5.85. The summed E-state index contributed by atoms with van der Waals surface area (Å²) in [7, 11) is 1.27. The first-order chi connectivity index (χ1) is 25.8. The maximum atomic E-state index is 16.8. The number of nitrogens with zero attached hydrogens (tertiary/aromatic N) is 5. The van der Waals surface area contributed by atoms with Crippen molar-refractivity contribution in [3.63, 3.8) is 0 Å². The Kier molecular flexibility index (Phi) is 10.1. The number of benzene rings is 3. The van der Waals surface area contributed by atoms with Crippen molar-refractivity contribution in [2.45, 2.75) is 56.8 Å². The molecule has 0 bridgehead atoms. The third-order valence-electron chi connectivity index (χ3n) is 10.4. The summed E-state index contributed by atoms with van der Waals surface area (Å²) in [5.74, 6) is 0.293. The Hall–Kier alpha value is -5.13. The van der Waals surface area contributed by atoms with E-state index in [1.54, 1.807) is 12.1 Å². The summed E-state index contributed by atoms with van der Waals surface area (Å²) in [6.07, 6.45) is 6.34. The van der Waals surface area contributed by atoms with Crippen molar-refractivity contribution in [1.82, 2.24) is 19.9 Å². The van der Waals surface area contributed by atoms with Gasteiger partial charge in [0.15, 0.2) is 11.6 Å². The van der Waals surface area contributed by atoms with Crippen LogP contribution in [0.3, 0.4) is 0 Å². The minimum atomic E-state index is -2.75. The predicted molar refractivity (Wildman–Crippen MR) is 197 cm³/mol. The lowest BCUT2D eigenvalue weighted by atomic mass is 9.92. The number of hydrogen-bond acceptors (Lipinski definition) is 9. The molecule has 2 saturated heterocycles. The first-order valence-electron chi connectivity index (χ1n) is 17.3. The van der Waals surface area contributed by atoms with Crippen molar-refractivity contribution in [2.24, 2.45) is 0 Å². The highest BCUT2D eigenvalue weighted by Gasteiger charge is 2.44. The SMILES string of the molecule is C#Cc1c(F)ccc2cc(O)cc(-c3c(Cl)c4c5c(nc(OC)nc5c3F)N([C@H](CC(F)F)c3cccnc3N)CCO4)c12.C[C@@]12CCCN1CC(F)C2. The quantitative estimate of drug-likeness (QED) is 0.131. The smallest absolute Gasteiger partial charge is 0.318 e. The molecule has 5 heterocycles. The van der Waals surface area contributed by atoms with Crippen molar-refractivity contribution >= 4 is 44.9 Å². The van der Waals surface area contributed by atoms with Crippen LogP contribution < -0.4 is 20.1 Å². The molecule has 3 aromatic carbocycles. The summed E-state index contributed by atoms with van der Waals surface area (Å²) in [4.78, 5) is 16.5. The molecule has 0 radical (unpaired) electrons. The molecule has 5 aromatic rings. The zero-order valence-electron chi connectivity index (χ0n) is 29.4. The van der Waals surface area contributed by atoms with Gasteiger partial charge in [0.05, 0.1) is 35.7 Å². The van der Waals surface area contributed by atoms with Gasteiger partial charge in [0, 0.05) is 41.2 Å². The number of nitrogens with two attached hydrogens (primary N) is 1. The summed E-state index contributed by atoms with van der Waals surface area (Å²) >= 11 is 6.87. The highest BCUT2D eigenvalue weighted by molar-refractivity contribution is 6.37. The van der Waals surface area contributed by atoms with E-state index in [0.717, 1.165) is 19.0 Å². The Bertz CT molecular complexity index is 2310. The normalized spacial score (nSPS) is 19.9. The molecule has 3 aliphatic rings. The number of methoxy groups -OCH3 is 1. The van der Waals surface area contributed by atoms with Crippen LogP contribution in [-0.4, -0.2) is 76.4 Å². The number of phenols is 1. The van der Waals surface area contributed by atoms with Crippen LogP contribution in [0.4, 0.5) is 33.6 Å². The second-order valence-corrected chi connectivity index (χ2v) is 14.1. The first-order valence-corrected chi connectivity index (χ1v) is 17.7. The molecule has 0 aliphatic carbocycles. The lowest BCUT2D eigenvalue weighted by molar-refractivity contribution is 0.126. The predicted octanol–water partition coefficient (Wildman–Crippen LogP) is 8.23. The van der Waals surface area contributed by atoms with Crippen molar-refractivity contribution in [2.75, 3.05) is 44.0 Å². The van der Waals surface area contributed by atoms with Gasteiger partial charge in [0.2, 0.25) is 6.43 Å². The Morgan fingerprint density at radius 1 is 1.19 bits per heavy atom. The molecule has 0 spiro atoms. The average molecular weight is 767 g/mol. The minimum absolute atomic E-state index is 0.00442. The van der Waals surface area contributed by atoms with Crippen LogP contribution in [0.25, 0.3) is 32.8 Å². The largest absolute Gasteiger partial charge is 0.508 e. The van der Waals surface area contributed by atoms with E-state index in [1.807, 2.05) is 0 Å². The molecule has 2 aromatic heterocycles. The molecule has 3 atom stereocenters. The number of halogens is 6. The maximum absolute atomic E-state index is 16.8. The Labute approximate surface area is 312 Å². The Balaban J connectivity index is 0.000000386. The van der Waals surface area contributed by atoms with Crippen molar-refractivity contribution in [3.8, 4) is 41.0 Å². The number of pyridine rings is 1. The molecule has 54 heavy (non-hydrogen) atoms. The Morgan fingerprint density at radius 2 is 1.98 bits per heavy atom. The van der Waals surface area contributed by atoms with Crippen molar-refractivity contribution < 1.29 is 36.5 Å². The molecular formula is C39H36ClF5N6O3. The summed E-state index contributed by atoms with van der Waals surface area (Å²) in [6.45, 7) is 3.92. The second kappa shape index (κ2) is 14.6. The second-order valence-electron chi connectivity index (χ2n) is 13.8. The average Bonchev–Trinajstić information content (AvgIpc) is 3.54. The van der Waals surface area contributed by atoms with E-state index in [9.17, 15) is 22.7 Å². The van der Waals surface area contributed by atoms with E-state index >= 15 is 4.39 Å². The minimum Gasteiger partial charge on any atom is -0.508 e. The molecular weight excluding hydrogens is 731 g/mol. The summed E-state index contributed by atoms with van der Waals surface area (Å²) < 4.78 is 83.8. The number of anilines is 2. The van der Waals surface area contributed by atoms with Crippen LogP contribution in [0.15, 0.2) is 42.6 Å². The number of ether oxygens (including phenoxy) is 2. The van der Waals surface area contributed by atoms with E-state index in [4.69, 9.17) is 33.2 Å². The molecule has 3 N–H and O–H groups in total. The number of rotatable bonds is 6. The summed E-state index contributed by atoms with van der Waals surface area (Å²) in [6, 6.07) is 6.90. The van der Waals surface area contributed by atoms with Crippen LogP contribution >= 0.6 is 11.6 Å². The number of alkyl halides is 3. The first kappa shape index (κ1) is 37.2. The van der Waals surface area contributed by atoms with Crippen LogP contribution in [0, 0.1) is 24.0 Å². The van der Waals surface area contributed by atoms with E-state index in [2.05, 4.69) is 32.7 Å². The van der Waals surface area contributed by atoms with Gasteiger partial charge in [-0.2, -0.15) is 9.97 Å². The highest BCUT2D eigenvalue weighted by Crippen LogP contribution is 2.51. The third-order valence-corrected chi connectivity index (χ3v) is 10.8. The fourth-order valence-electron chi connectivity index (χ4n) is 8.03. The van der Waals surface area contributed by atoms with Crippen LogP contribution in [0.2, 0.25) is 5.02 Å². The lowest BCUT2D eigenvalue weighted by Crippen LogP contribution is -2.34. The number of terminal acetylenes is 1. The van der Waals surface area contributed by atoms with Crippen LogP contribution in [-0.2, 0) is 0 Å². The zero-order valence-corrected chi connectivity index (χ0v) is 30.1. The summed E-state index contributed by atoms with van der Waals surface area (Å²) in [5, 5.41) is 10.7. The fourth-order valence-corrected chi connectivity index (χ4v) is 8.36. The van der Waals surface area contributed by atoms with Crippen LogP contribution in [0.5, 0.6) is 17.5 Å². The lowest BCUT2D eigenvalue weighted by Gasteiger charge is -2.32. The number of aromatic nitrogens is 3. The number of nitrogen functional groups attached to an aromatic ring is 1. The van der Waals surface area contributed by atoms with Crippen LogP contribution in [0.1, 0.15) is 49.8 Å². The molecule has 0 amide bonds. The molecule has 2 fully saturated rings. The number of fused-ring (bicyclic) bond motifs is 2. The van der Waals surface area contributed by atoms with Gasteiger partial charge in [-0.3, -0.25) is 4.90 Å². The van der Waals surface area contributed by atoms with E-state index < -0.39 is 36.7 Å². The van der Waals surface area contributed by atoms with Gasteiger partial charge in [-0.15, -0.1) is 6.42 Å².